The summed E-state index contributed by atoms with van der Waals surface area (Å²) >= 11 is 0. The van der Waals surface area contributed by atoms with Gasteiger partial charge in [0.15, 0.2) is 0 Å². The Morgan fingerprint density at radius 2 is 1.94 bits per heavy atom. The molecule has 4 heteroatoms. The molecule has 0 unspecified atom stereocenters. The monoisotopic (exact) mass is 236 g/mol. The van der Waals surface area contributed by atoms with Gasteiger partial charge in [-0.15, -0.1) is 0 Å². The highest BCUT2D eigenvalue weighted by Crippen LogP contribution is 2.10. The Hall–Kier alpha value is -1.84. The van der Waals surface area contributed by atoms with Crippen LogP contribution < -0.4 is 0 Å². The van der Waals surface area contributed by atoms with E-state index in [4.69, 9.17) is 9.84 Å². The maximum Gasteiger partial charge on any atom is 0.308 e. The van der Waals surface area contributed by atoms with Crippen LogP contribution in [0.2, 0.25) is 0 Å². The summed E-state index contributed by atoms with van der Waals surface area (Å²) in [6.45, 7) is 1.91. The van der Waals surface area contributed by atoms with Crippen LogP contribution in [0.5, 0.6) is 0 Å². The summed E-state index contributed by atoms with van der Waals surface area (Å²) in [5, 5.41) is 8.50. The van der Waals surface area contributed by atoms with Crippen LogP contribution in [0.25, 0.3) is 0 Å². The molecule has 17 heavy (non-hydrogen) atoms. The molecule has 1 atom stereocenters. The van der Waals surface area contributed by atoms with Gasteiger partial charge in [-0.1, -0.05) is 37.3 Å². The molecule has 4 nitrogen and oxygen atoms in total. The van der Waals surface area contributed by atoms with Crippen LogP contribution in [0.3, 0.4) is 0 Å². The van der Waals surface area contributed by atoms with Gasteiger partial charge < -0.3 is 9.84 Å². The van der Waals surface area contributed by atoms with Gasteiger partial charge in [-0.2, -0.15) is 0 Å². The molecule has 0 bridgehead atoms. The van der Waals surface area contributed by atoms with Crippen molar-refractivity contribution >= 4 is 11.9 Å². The molecule has 0 aliphatic rings. The minimum absolute atomic E-state index is 0.0123. The maximum atomic E-state index is 11.5. The van der Waals surface area contributed by atoms with Crippen molar-refractivity contribution in [2.75, 3.05) is 0 Å². The van der Waals surface area contributed by atoms with Crippen LogP contribution >= 0.6 is 0 Å². The Kier molecular flexibility index (Phi) is 5.20. The Morgan fingerprint density at radius 3 is 2.53 bits per heavy atom. The van der Waals surface area contributed by atoms with E-state index in [1.807, 2.05) is 30.3 Å². The molecule has 0 spiro atoms. The van der Waals surface area contributed by atoms with Gasteiger partial charge in [-0.3, -0.25) is 9.59 Å². The Balaban J connectivity index is 2.32. The van der Waals surface area contributed by atoms with E-state index in [9.17, 15) is 9.59 Å². The van der Waals surface area contributed by atoms with Gasteiger partial charge in [0.25, 0.3) is 0 Å². The second-order valence-electron chi connectivity index (χ2n) is 3.93. The predicted molar refractivity (Wildman–Crippen MR) is 62.3 cm³/mol. The number of rotatable bonds is 6. The van der Waals surface area contributed by atoms with Crippen LogP contribution in [-0.4, -0.2) is 17.0 Å². The summed E-state index contributed by atoms with van der Waals surface area (Å²) in [6.07, 6.45) is 0.296. The lowest BCUT2D eigenvalue weighted by Gasteiger charge is -2.10. The Bertz CT molecular complexity index is 372. The molecule has 0 saturated carbocycles. The van der Waals surface area contributed by atoms with E-state index in [1.165, 1.54) is 0 Å². The zero-order chi connectivity index (χ0) is 12.7. The predicted octanol–water partition coefficient (Wildman–Crippen LogP) is 2.23. The van der Waals surface area contributed by atoms with Crippen molar-refractivity contribution in [2.24, 2.45) is 5.92 Å². The number of carboxylic acid groups (broad SMARTS) is 1. The number of hydrogen-bond donors (Lipinski definition) is 1. The van der Waals surface area contributed by atoms with Crippen molar-refractivity contribution in [1.82, 2.24) is 0 Å². The molecule has 1 N–H and O–H groups in total. The van der Waals surface area contributed by atoms with Gasteiger partial charge in [0, 0.05) is 6.42 Å². The minimum atomic E-state index is -0.896. The third-order valence-corrected chi connectivity index (χ3v) is 2.42. The van der Waals surface area contributed by atoms with Crippen molar-refractivity contribution in [2.45, 2.75) is 26.4 Å². The lowest BCUT2D eigenvalue weighted by Crippen LogP contribution is -2.15. The van der Waals surface area contributed by atoms with Crippen molar-refractivity contribution in [1.29, 1.82) is 0 Å². The molecule has 0 radical (unpaired) electrons. The molecule has 0 aromatic heterocycles. The average molecular weight is 236 g/mol. The van der Waals surface area contributed by atoms with Crippen LogP contribution in [0.4, 0.5) is 0 Å². The van der Waals surface area contributed by atoms with E-state index in [0.29, 0.717) is 6.42 Å². The van der Waals surface area contributed by atoms with E-state index in [-0.39, 0.29) is 24.9 Å². The number of esters is 1. The molecular formula is C13H16O4. The van der Waals surface area contributed by atoms with Crippen LogP contribution in [0, 0.1) is 5.92 Å². The first kappa shape index (κ1) is 13.2. The number of ether oxygens (including phenoxy) is 1. The van der Waals surface area contributed by atoms with E-state index in [0.717, 1.165) is 5.56 Å². The second-order valence-corrected chi connectivity index (χ2v) is 3.93. The van der Waals surface area contributed by atoms with E-state index in [2.05, 4.69) is 0 Å². The number of hydrogen-bond acceptors (Lipinski definition) is 3. The fourth-order valence-corrected chi connectivity index (χ4v) is 1.33. The molecule has 0 heterocycles. The highest BCUT2D eigenvalue weighted by molar-refractivity contribution is 5.73. The van der Waals surface area contributed by atoms with Gasteiger partial charge in [0.2, 0.25) is 0 Å². The Morgan fingerprint density at radius 1 is 1.29 bits per heavy atom. The van der Waals surface area contributed by atoms with E-state index >= 15 is 0 Å². The smallest absolute Gasteiger partial charge is 0.308 e. The highest BCUT2D eigenvalue weighted by atomic mass is 16.5. The lowest BCUT2D eigenvalue weighted by molar-refractivity contribution is -0.149. The zero-order valence-electron chi connectivity index (χ0n) is 9.76. The highest BCUT2D eigenvalue weighted by Gasteiger charge is 2.15. The Labute approximate surface area is 100 Å². The zero-order valence-corrected chi connectivity index (χ0v) is 9.76. The summed E-state index contributed by atoms with van der Waals surface area (Å²) in [6, 6.07) is 9.37. The number of carboxylic acids is 1. The summed E-state index contributed by atoms with van der Waals surface area (Å²) in [7, 11) is 0. The van der Waals surface area contributed by atoms with Gasteiger partial charge in [-0.05, 0) is 12.0 Å². The van der Waals surface area contributed by atoms with Crippen LogP contribution in [0.15, 0.2) is 30.3 Å². The molecule has 0 aliphatic carbocycles. The normalized spacial score (nSPS) is 11.8. The van der Waals surface area contributed by atoms with Crippen LogP contribution in [-0.2, 0) is 20.9 Å². The molecule has 92 valence electrons. The van der Waals surface area contributed by atoms with Crippen molar-refractivity contribution in [3.63, 3.8) is 0 Å². The fourth-order valence-electron chi connectivity index (χ4n) is 1.33. The number of carbonyl (C=O) groups excluding carboxylic acids is 1. The number of benzene rings is 1. The standard InChI is InChI=1S/C13H16O4/c1-10(7-8-12(14)15)13(16)17-9-11-5-3-2-4-6-11/h2-6,10H,7-9H2,1H3,(H,14,15)/t10-/m0/s1. The van der Waals surface area contributed by atoms with Gasteiger partial charge >= 0.3 is 11.9 Å². The fraction of sp³-hybridized carbons (Fsp3) is 0.385. The largest absolute Gasteiger partial charge is 0.481 e. The molecule has 1 rings (SSSR count). The molecular weight excluding hydrogens is 220 g/mol. The summed E-state index contributed by atoms with van der Waals surface area (Å²) < 4.78 is 5.09. The minimum Gasteiger partial charge on any atom is -0.481 e. The maximum absolute atomic E-state index is 11.5. The summed E-state index contributed by atoms with van der Waals surface area (Å²) in [5.74, 6) is -1.63. The average Bonchev–Trinajstić information content (AvgIpc) is 2.34. The van der Waals surface area contributed by atoms with Crippen LogP contribution in [0.1, 0.15) is 25.3 Å². The van der Waals surface area contributed by atoms with E-state index < -0.39 is 5.97 Å². The SMILES string of the molecule is C[C@@H](CCC(=O)O)C(=O)OCc1ccccc1. The first-order chi connectivity index (χ1) is 8.09. The second kappa shape index (κ2) is 6.68. The first-order valence-corrected chi connectivity index (χ1v) is 5.52. The third-order valence-electron chi connectivity index (χ3n) is 2.42. The summed E-state index contributed by atoms with van der Waals surface area (Å²) in [4.78, 5) is 21.9. The van der Waals surface area contributed by atoms with E-state index in [1.54, 1.807) is 6.92 Å². The first-order valence-electron chi connectivity index (χ1n) is 5.52. The molecule has 1 aromatic carbocycles. The van der Waals surface area contributed by atoms with Crippen molar-refractivity contribution in [3.05, 3.63) is 35.9 Å². The third kappa shape index (κ3) is 5.15. The molecule has 1 aromatic rings. The molecule has 0 aliphatic heterocycles. The lowest BCUT2D eigenvalue weighted by atomic mass is 10.1. The van der Waals surface area contributed by atoms with Crippen molar-refractivity contribution < 1.29 is 19.4 Å². The molecule has 0 amide bonds. The van der Waals surface area contributed by atoms with Crippen molar-refractivity contribution in [3.8, 4) is 0 Å². The number of carbonyl (C=O) groups is 2. The number of aliphatic carboxylic acids is 1. The van der Waals surface area contributed by atoms with Gasteiger partial charge in [-0.25, -0.2) is 0 Å². The van der Waals surface area contributed by atoms with Gasteiger partial charge in [0.05, 0.1) is 5.92 Å². The quantitative estimate of drug-likeness (QED) is 0.769. The molecule has 0 saturated heterocycles. The molecule has 0 fully saturated rings. The topological polar surface area (TPSA) is 63.6 Å². The van der Waals surface area contributed by atoms with Gasteiger partial charge in [0.1, 0.15) is 6.61 Å². The summed E-state index contributed by atoms with van der Waals surface area (Å²) in [5.41, 5.74) is 0.922.